The highest BCUT2D eigenvalue weighted by molar-refractivity contribution is 4.76. The molecule has 0 amide bonds. The monoisotopic (exact) mass is 150 g/mol. The Morgan fingerprint density at radius 2 is 2.30 bits per heavy atom. The molecule has 1 N–H and O–H groups in total. The standard InChI is InChI=1S/C6H12F2N2/c1-2-10-4-3-9-5-6(10,7)8/h9H,2-5H2,1H3. The maximum Gasteiger partial charge on any atom is 0.317 e. The van der Waals surface area contributed by atoms with Crippen molar-refractivity contribution in [1.29, 1.82) is 0 Å². The fraction of sp³-hybridized carbons (Fsp3) is 1.00. The molecule has 0 aromatic carbocycles. The first-order valence-electron chi connectivity index (χ1n) is 3.50. The highest BCUT2D eigenvalue weighted by atomic mass is 19.3. The molecule has 1 aliphatic heterocycles. The molecule has 0 bridgehead atoms. The van der Waals surface area contributed by atoms with E-state index in [9.17, 15) is 8.78 Å². The van der Waals surface area contributed by atoms with Gasteiger partial charge in [0, 0.05) is 19.6 Å². The Morgan fingerprint density at radius 3 is 2.70 bits per heavy atom. The lowest BCUT2D eigenvalue weighted by molar-refractivity contribution is -0.153. The van der Waals surface area contributed by atoms with Gasteiger partial charge < -0.3 is 5.32 Å². The molecule has 1 aliphatic rings. The van der Waals surface area contributed by atoms with E-state index in [2.05, 4.69) is 5.32 Å². The number of nitrogens with zero attached hydrogens (tertiary/aromatic N) is 1. The molecule has 1 rings (SSSR count). The van der Waals surface area contributed by atoms with Gasteiger partial charge in [-0.25, -0.2) is 4.90 Å². The predicted molar refractivity (Wildman–Crippen MR) is 35.1 cm³/mol. The lowest BCUT2D eigenvalue weighted by atomic mass is 10.3. The van der Waals surface area contributed by atoms with Crippen molar-refractivity contribution in [1.82, 2.24) is 10.2 Å². The summed E-state index contributed by atoms with van der Waals surface area (Å²) in [6.07, 6.45) is 0. The second-order valence-corrected chi connectivity index (χ2v) is 2.42. The first-order valence-corrected chi connectivity index (χ1v) is 3.50. The summed E-state index contributed by atoms with van der Waals surface area (Å²) in [7, 11) is 0. The second-order valence-electron chi connectivity index (χ2n) is 2.42. The SMILES string of the molecule is CCN1CCNCC1(F)F. The number of hydrogen-bond acceptors (Lipinski definition) is 2. The number of piperazine rings is 1. The number of nitrogens with one attached hydrogen (secondary N) is 1. The molecule has 0 atom stereocenters. The molecular formula is C6H12F2N2. The van der Waals surface area contributed by atoms with Crippen molar-refractivity contribution in [3.8, 4) is 0 Å². The molecule has 10 heavy (non-hydrogen) atoms. The van der Waals surface area contributed by atoms with Crippen molar-refractivity contribution in [3.05, 3.63) is 0 Å². The van der Waals surface area contributed by atoms with Crippen LogP contribution in [0.2, 0.25) is 0 Å². The maximum absolute atomic E-state index is 12.7. The van der Waals surface area contributed by atoms with E-state index in [1.165, 1.54) is 4.90 Å². The molecule has 1 fully saturated rings. The van der Waals surface area contributed by atoms with Crippen molar-refractivity contribution >= 4 is 0 Å². The summed E-state index contributed by atoms with van der Waals surface area (Å²) in [5.74, 6) is 0. The van der Waals surface area contributed by atoms with E-state index in [0.29, 0.717) is 19.6 Å². The molecule has 0 aromatic heterocycles. The third-order valence-electron chi connectivity index (χ3n) is 1.74. The van der Waals surface area contributed by atoms with E-state index >= 15 is 0 Å². The number of rotatable bonds is 1. The Hall–Kier alpha value is -0.220. The minimum Gasteiger partial charge on any atom is -0.309 e. The van der Waals surface area contributed by atoms with Crippen LogP contribution in [-0.4, -0.2) is 37.1 Å². The molecule has 1 saturated heterocycles. The lowest BCUT2D eigenvalue weighted by Crippen LogP contribution is -2.55. The summed E-state index contributed by atoms with van der Waals surface area (Å²) in [4.78, 5) is 1.18. The van der Waals surface area contributed by atoms with Crippen molar-refractivity contribution in [2.75, 3.05) is 26.2 Å². The van der Waals surface area contributed by atoms with Crippen molar-refractivity contribution in [2.24, 2.45) is 0 Å². The van der Waals surface area contributed by atoms with Crippen LogP contribution in [0.1, 0.15) is 6.92 Å². The molecule has 1 heterocycles. The Morgan fingerprint density at radius 1 is 1.60 bits per heavy atom. The summed E-state index contributed by atoms with van der Waals surface area (Å²) in [6, 6.07) is -2.63. The molecule has 0 saturated carbocycles. The van der Waals surface area contributed by atoms with Gasteiger partial charge in [-0.15, -0.1) is 0 Å². The van der Waals surface area contributed by atoms with E-state index < -0.39 is 6.05 Å². The predicted octanol–water partition coefficient (Wildman–Crippen LogP) is 0.504. The van der Waals surface area contributed by atoms with Gasteiger partial charge in [-0.2, -0.15) is 8.78 Å². The van der Waals surface area contributed by atoms with Gasteiger partial charge >= 0.3 is 6.05 Å². The molecule has 2 nitrogen and oxygen atoms in total. The Labute approximate surface area is 59.2 Å². The fourth-order valence-corrected chi connectivity index (χ4v) is 1.12. The maximum atomic E-state index is 12.7. The van der Waals surface area contributed by atoms with Crippen LogP contribution >= 0.6 is 0 Å². The molecule has 0 radical (unpaired) electrons. The van der Waals surface area contributed by atoms with Crippen LogP contribution in [0.4, 0.5) is 8.78 Å². The van der Waals surface area contributed by atoms with E-state index in [4.69, 9.17) is 0 Å². The summed E-state index contributed by atoms with van der Waals surface area (Å²) < 4.78 is 25.5. The van der Waals surface area contributed by atoms with Gasteiger partial charge in [0.15, 0.2) is 0 Å². The van der Waals surface area contributed by atoms with Crippen molar-refractivity contribution in [2.45, 2.75) is 13.0 Å². The Balaban J connectivity index is 2.51. The minimum absolute atomic E-state index is 0.208. The topological polar surface area (TPSA) is 15.3 Å². The summed E-state index contributed by atoms with van der Waals surface area (Å²) in [5, 5.41) is 2.65. The zero-order valence-electron chi connectivity index (χ0n) is 6.03. The largest absolute Gasteiger partial charge is 0.317 e. The first kappa shape index (κ1) is 7.88. The molecule has 0 aliphatic carbocycles. The Bertz CT molecular complexity index is 116. The third-order valence-corrected chi connectivity index (χ3v) is 1.74. The quantitative estimate of drug-likeness (QED) is 0.548. The lowest BCUT2D eigenvalue weighted by Gasteiger charge is -2.34. The van der Waals surface area contributed by atoms with Crippen LogP contribution in [0, 0.1) is 0 Å². The van der Waals surface area contributed by atoms with Gasteiger partial charge in [0.25, 0.3) is 0 Å². The van der Waals surface area contributed by atoms with Gasteiger partial charge in [-0.05, 0) is 0 Å². The van der Waals surface area contributed by atoms with Crippen molar-refractivity contribution in [3.63, 3.8) is 0 Å². The van der Waals surface area contributed by atoms with Crippen LogP contribution in [-0.2, 0) is 0 Å². The van der Waals surface area contributed by atoms with Gasteiger partial charge in [-0.1, -0.05) is 6.92 Å². The molecule has 0 aromatic rings. The molecule has 0 spiro atoms. The van der Waals surface area contributed by atoms with E-state index in [-0.39, 0.29) is 6.54 Å². The van der Waals surface area contributed by atoms with Crippen LogP contribution in [0.3, 0.4) is 0 Å². The second kappa shape index (κ2) is 2.80. The Kier molecular flexibility index (Phi) is 2.21. The van der Waals surface area contributed by atoms with Crippen LogP contribution in [0.15, 0.2) is 0 Å². The highest BCUT2D eigenvalue weighted by Crippen LogP contribution is 2.19. The first-order chi connectivity index (χ1) is 4.67. The number of likely N-dealkylation sites (N-methyl/N-ethyl adjacent to an activating group) is 1. The van der Waals surface area contributed by atoms with Crippen LogP contribution in [0.25, 0.3) is 0 Å². The minimum atomic E-state index is -2.63. The number of alkyl halides is 2. The van der Waals surface area contributed by atoms with Gasteiger partial charge in [-0.3, -0.25) is 0 Å². The van der Waals surface area contributed by atoms with E-state index in [0.717, 1.165) is 0 Å². The zero-order valence-corrected chi connectivity index (χ0v) is 6.03. The fourth-order valence-electron chi connectivity index (χ4n) is 1.12. The molecule has 4 heteroatoms. The number of hydrogen-bond donors (Lipinski definition) is 1. The summed E-state index contributed by atoms with van der Waals surface area (Å²) >= 11 is 0. The average Bonchev–Trinajstić information content (AvgIpc) is 1.87. The smallest absolute Gasteiger partial charge is 0.309 e. The van der Waals surface area contributed by atoms with Crippen molar-refractivity contribution < 1.29 is 8.78 Å². The van der Waals surface area contributed by atoms with Gasteiger partial charge in [0.1, 0.15) is 0 Å². The molecule has 0 unspecified atom stereocenters. The molecular weight excluding hydrogens is 138 g/mol. The molecule has 60 valence electrons. The van der Waals surface area contributed by atoms with Crippen LogP contribution < -0.4 is 5.32 Å². The summed E-state index contributed by atoms with van der Waals surface area (Å²) in [5.41, 5.74) is 0. The zero-order chi connectivity index (χ0) is 7.61. The number of halogens is 2. The summed E-state index contributed by atoms with van der Waals surface area (Å²) in [6.45, 7) is 3.09. The van der Waals surface area contributed by atoms with Gasteiger partial charge in [0.05, 0.1) is 6.54 Å². The normalized spacial score (nSPS) is 26.7. The van der Waals surface area contributed by atoms with E-state index in [1.54, 1.807) is 6.92 Å². The third kappa shape index (κ3) is 1.44. The highest BCUT2D eigenvalue weighted by Gasteiger charge is 2.37. The van der Waals surface area contributed by atoms with Gasteiger partial charge in [0.2, 0.25) is 0 Å². The van der Waals surface area contributed by atoms with Crippen LogP contribution in [0.5, 0.6) is 0 Å². The van der Waals surface area contributed by atoms with E-state index in [1.807, 2.05) is 0 Å². The average molecular weight is 150 g/mol.